The van der Waals surface area contributed by atoms with Crippen molar-refractivity contribution in [3.05, 3.63) is 43.0 Å². The van der Waals surface area contributed by atoms with Crippen molar-refractivity contribution < 1.29 is 0 Å². The predicted molar refractivity (Wildman–Crippen MR) is 45.3 cm³/mol. The second-order valence-corrected chi connectivity index (χ2v) is 2.31. The average molecular weight is 157 g/mol. The molecule has 3 heteroatoms. The Labute approximate surface area is 70.1 Å². The van der Waals surface area contributed by atoms with E-state index >= 15 is 0 Å². The maximum atomic E-state index is 4.16. The Morgan fingerprint density at radius 1 is 0.833 bits per heavy atom. The molecule has 0 aliphatic rings. The van der Waals surface area contributed by atoms with Crippen molar-refractivity contribution in [2.45, 2.75) is 0 Å². The van der Waals surface area contributed by atoms with Gasteiger partial charge in [0.25, 0.3) is 0 Å². The van der Waals surface area contributed by atoms with Crippen molar-refractivity contribution in [3.8, 4) is 11.4 Å². The van der Waals surface area contributed by atoms with Crippen LogP contribution in [0.1, 0.15) is 0 Å². The van der Waals surface area contributed by atoms with Gasteiger partial charge in [0, 0.05) is 12.4 Å². The van der Waals surface area contributed by atoms with E-state index in [2.05, 4.69) is 15.0 Å². The van der Waals surface area contributed by atoms with Crippen LogP contribution in [0.3, 0.4) is 0 Å². The van der Waals surface area contributed by atoms with Crippen molar-refractivity contribution in [1.29, 1.82) is 0 Å². The summed E-state index contributed by atoms with van der Waals surface area (Å²) in [4.78, 5) is 12.1. The summed E-state index contributed by atoms with van der Waals surface area (Å²) in [5.41, 5.74) is 1.73. The van der Waals surface area contributed by atoms with Crippen LogP contribution in [0.15, 0.2) is 43.0 Å². The molecule has 2 aromatic heterocycles. The highest BCUT2D eigenvalue weighted by molar-refractivity contribution is 5.52. The monoisotopic (exact) mass is 157 g/mol. The zero-order valence-corrected chi connectivity index (χ0v) is 6.38. The SMILES string of the molecule is c1ccc(-c2ccncn2)nc1. The van der Waals surface area contributed by atoms with E-state index in [4.69, 9.17) is 0 Å². The van der Waals surface area contributed by atoms with Gasteiger partial charge in [0.15, 0.2) is 0 Å². The van der Waals surface area contributed by atoms with Gasteiger partial charge in [0.05, 0.1) is 11.4 Å². The van der Waals surface area contributed by atoms with E-state index in [0.29, 0.717) is 0 Å². The van der Waals surface area contributed by atoms with Gasteiger partial charge < -0.3 is 0 Å². The van der Waals surface area contributed by atoms with E-state index in [1.807, 2.05) is 24.3 Å². The third-order valence-electron chi connectivity index (χ3n) is 1.51. The first-order valence-corrected chi connectivity index (χ1v) is 3.64. The molecule has 0 saturated heterocycles. The lowest BCUT2D eigenvalue weighted by atomic mass is 10.3. The third-order valence-corrected chi connectivity index (χ3v) is 1.51. The van der Waals surface area contributed by atoms with Crippen LogP contribution >= 0.6 is 0 Å². The van der Waals surface area contributed by atoms with E-state index in [0.717, 1.165) is 11.4 Å². The molecule has 2 rings (SSSR count). The van der Waals surface area contributed by atoms with E-state index in [9.17, 15) is 0 Å². The predicted octanol–water partition coefficient (Wildman–Crippen LogP) is 1.54. The molecule has 2 heterocycles. The van der Waals surface area contributed by atoms with Crippen LogP contribution in [0, 0.1) is 0 Å². The Balaban J connectivity index is 2.46. The second-order valence-electron chi connectivity index (χ2n) is 2.31. The Kier molecular flexibility index (Phi) is 1.78. The average Bonchev–Trinajstić information content (AvgIpc) is 2.21. The lowest BCUT2D eigenvalue weighted by Gasteiger charge is -1.95. The standard InChI is InChI=1S/C9H7N3/c1-2-5-11-8(3-1)9-4-6-10-7-12-9/h1-7H. The van der Waals surface area contributed by atoms with Gasteiger partial charge in [0.2, 0.25) is 0 Å². The molecule has 0 N–H and O–H groups in total. The smallest absolute Gasteiger partial charge is 0.116 e. The molecular formula is C9H7N3. The fourth-order valence-corrected chi connectivity index (χ4v) is 0.956. The number of rotatable bonds is 1. The van der Waals surface area contributed by atoms with Crippen molar-refractivity contribution >= 4 is 0 Å². The minimum absolute atomic E-state index is 0.852. The van der Waals surface area contributed by atoms with E-state index < -0.39 is 0 Å². The molecule has 0 amide bonds. The quantitative estimate of drug-likeness (QED) is 0.630. The molecule has 0 saturated carbocycles. The Hall–Kier alpha value is -1.77. The first kappa shape index (κ1) is 6.91. The van der Waals surface area contributed by atoms with Crippen LogP contribution < -0.4 is 0 Å². The Morgan fingerprint density at radius 2 is 1.75 bits per heavy atom. The van der Waals surface area contributed by atoms with Crippen molar-refractivity contribution in [2.24, 2.45) is 0 Å². The van der Waals surface area contributed by atoms with Gasteiger partial charge in [-0.1, -0.05) is 6.07 Å². The highest BCUT2D eigenvalue weighted by Gasteiger charge is 1.95. The lowest BCUT2D eigenvalue weighted by molar-refractivity contribution is 1.15. The molecule has 0 radical (unpaired) electrons. The fourth-order valence-electron chi connectivity index (χ4n) is 0.956. The molecule has 0 spiro atoms. The van der Waals surface area contributed by atoms with E-state index in [1.165, 1.54) is 6.33 Å². The molecule has 0 fully saturated rings. The molecule has 0 unspecified atom stereocenters. The molecule has 2 aromatic rings. The number of nitrogens with zero attached hydrogens (tertiary/aromatic N) is 3. The van der Waals surface area contributed by atoms with Crippen LogP contribution in [0.25, 0.3) is 11.4 Å². The van der Waals surface area contributed by atoms with Crippen LogP contribution in [0.2, 0.25) is 0 Å². The summed E-state index contributed by atoms with van der Waals surface area (Å²) in [7, 11) is 0. The summed E-state index contributed by atoms with van der Waals surface area (Å²) < 4.78 is 0. The number of pyridine rings is 1. The fraction of sp³-hybridized carbons (Fsp3) is 0. The van der Waals surface area contributed by atoms with Crippen molar-refractivity contribution in [2.75, 3.05) is 0 Å². The third kappa shape index (κ3) is 1.29. The van der Waals surface area contributed by atoms with Gasteiger partial charge in [0.1, 0.15) is 6.33 Å². The molecule has 58 valence electrons. The molecule has 0 aliphatic carbocycles. The molecule has 12 heavy (non-hydrogen) atoms. The molecule has 0 aromatic carbocycles. The van der Waals surface area contributed by atoms with Gasteiger partial charge in [-0.2, -0.15) is 0 Å². The molecular weight excluding hydrogens is 150 g/mol. The second kappa shape index (κ2) is 3.09. The zero-order valence-electron chi connectivity index (χ0n) is 6.38. The molecule has 0 aliphatic heterocycles. The minimum Gasteiger partial charge on any atom is -0.255 e. The summed E-state index contributed by atoms with van der Waals surface area (Å²) in [5.74, 6) is 0. The first-order valence-electron chi connectivity index (χ1n) is 3.64. The molecule has 0 bridgehead atoms. The van der Waals surface area contributed by atoms with Crippen LogP contribution in [-0.2, 0) is 0 Å². The van der Waals surface area contributed by atoms with Crippen LogP contribution in [0.5, 0.6) is 0 Å². The van der Waals surface area contributed by atoms with Gasteiger partial charge >= 0.3 is 0 Å². The summed E-state index contributed by atoms with van der Waals surface area (Å²) >= 11 is 0. The maximum absolute atomic E-state index is 4.16. The number of hydrogen-bond donors (Lipinski definition) is 0. The highest BCUT2D eigenvalue weighted by atomic mass is 14.8. The topological polar surface area (TPSA) is 38.7 Å². The first-order chi connectivity index (χ1) is 5.97. The van der Waals surface area contributed by atoms with E-state index in [1.54, 1.807) is 12.4 Å². The van der Waals surface area contributed by atoms with Crippen molar-refractivity contribution in [1.82, 2.24) is 15.0 Å². The maximum Gasteiger partial charge on any atom is 0.116 e. The zero-order chi connectivity index (χ0) is 8.23. The van der Waals surface area contributed by atoms with Gasteiger partial charge in [-0.05, 0) is 18.2 Å². The molecule has 0 atom stereocenters. The van der Waals surface area contributed by atoms with Crippen LogP contribution in [0.4, 0.5) is 0 Å². The van der Waals surface area contributed by atoms with Crippen LogP contribution in [-0.4, -0.2) is 15.0 Å². The van der Waals surface area contributed by atoms with Gasteiger partial charge in [-0.3, -0.25) is 4.98 Å². The largest absolute Gasteiger partial charge is 0.255 e. The highest BCUT2D eigenvalue weighted by Crippen LogP contribution is 2.10. The number of hydrogen-bond acceptors (Lipinski definition) is 3. The van der Waals surface area contributed by atoms with E-state index in [-0.39, 0.29) is 0 Å². The molecule has 3 nitrogen and oxygen atoms in total. The van der Waals surface area contributed by atoms with Gasteiger partial charge in [-0.25, -0.2) is 9.97 Å². The minimum atomic E-state index is 0.852. The lowest BCUT2D eigenvalue weighted by Crippen LogP contribution is -1.85. The Bertz CT molecular complexity index is 307. The number of aromatic nitrogens is 3. The summed E-state index contributed by atoms with van der Waals surface area (Å²) in [6.07, 6.45) is 4.97. The van der Waals surface area contributed by atoms with Gasteiger partial charge in [-0.15, -0.1) is 0 Å². The normalized spacial score (nSPS) is 9.67. The summed E-state index contributed by atoms with van der Waals surface area (Å²) in [6, 6.07) is 7.57. The Morgan fingerprint density at radius 3 is 2.42 bits per heavy atom. The summed E-state index contributed by atoms with van der Waals surface area (Å²) in [5, 5.41) is 0. The summed E-state index contributed by atoms with van der Waals surface area (Å²) in [6.45, 7) is 0. The van der Waals surface area contributed by atoms with Crippen molar-refractivity contribution in [3.63, 3.8) is 0 Å².